The van der Waals surface area contributed by atoms with E-state index in [1.54, 1.807) is 6.92 Å². The van der Waals surface area contributed by atoms with E-state index in [2.05, 4.69) is 6.58 Å². The molecule has 0 aliphatic rings. The summed E-state index contributed by atoms with van der Waals surface area (Å²) in [6, 6.07) is 0. The van der Waals surface area contributed by atoms with Gasteiger partial charge in [-0.2, -0.15) is 0 Å². The summed E-state index contributed by atoms with van der Waals surface area (Å²) >= 11 is 0. The van der Waals surface area contributed by atoms with Crippen LogP contribution in [-0.4, -0.2) is 17.9 Å². The molecule has 0 aromatic heterocycles. The fourth-order valence-electron chi connectivity index (χ4n) is 0.457. The molecule has 8 heavy (non-hydrogen) atoms. The third-order valence-corrected chi connectivity index (χ3v) is 0.762. The summed E-state index contributed by atoms with van der Waals surface area (Å²) in [5, 5.41) is 8.59. The smallest absolute Gasteiger partial charge is 0.116 e. The Morgan fingerprint density at radius 1 is 1.88 bits per heavy atom. The van der Waals surface area contributed by atoms with E-state index >= 15 is 0 Å². The third-order valence-electron chi connectivity index (χ3n) is 0.762. The summed E-state index contributed by atoms with van der Waals surface area (Å²) in [5.74, 6) is 0. The molecule has 1 nitrogen and oxygen atoms in total. The highest BCUT2D eigenvalue weighted by atomic mass is 19.1. The van der Waals surface area contributed by atoms with Crippen LogP contribution in [0.2, 0.25) is 0 Å². The molecule has 0 bridgehead atoms. The van der Waals surface area contributed by atoms with Gasteiger partial charge in [-0.3, -0.25) is 0 Å². The van der Waals surface area contributed by atoms with Crippen LogP contribution in [0.3, 0.4) is 0 Å². The maximum absolute atomic E-state index is 11.5. The van der Waals surface area contributed by atoms with Gasteiger partial charge in [0.1, 0.15) is 6.67 Å². The fraction of sp³-hybridized carbons (Fsp3) is 0.667. The first-order chi connectivity index (χ1) is 3.66. The van der Waals surface area contributed by atoms with E-state index in [1.165, 1.54) is 0 Å². The summed E-state index contributed by atoms with van der Waals surface area (Å²) in [6.45, 7) is 4.61. The molecule has 48 valence electrons. The van der Waals surface area contributed by atoms with Crippen molar-refractivity contribution in [1.82, 2.24) is 0 Å². The molecule has 0 rings (SSSR count). The van der Waals surface area contributed by atoms with Crippen molar-refractivity contribution in [3.05, 3.63) is 12.2 Å². The second-order valence-electron chi connectivity index (χ2n) is 1.97. The van der Waals surface area contributed by atoms with Gasteiger partial charge in [-0.05, 0) is 13.3 Å². The molecule has 0 radical (unpaired) electrons. The van der Waals surface area contributed by atoms with Gasteiger partial charge in [0.25, 0.3) is 0 Å². The topological polar surface area (TPSA) is 20.2 Å². The van der Waals surface area contributed by atoms with E-state index in [9.17, 15) is 4.39 Å². The Morgan fingerprint density at radius 3 is 2.50 bits per heavy atom. The zero-order valence-electron chi connectivity index (χ0n) is 5.02. The Morgan fingerprint density at radius 2 is 2.38 bits per heavy atom. The van der Waals surface area contributed by atoms with Crippen LogP contribution in [0.25, 0.3) is 0 Å². The van der Waals surface area contributed by atoms with Crippen LogP contribution in [0.5, 0.6) is 0 Å². The summed E-state index contributed by atoms with van der Waals surface area (Å²) in [6.07, 6.45) is -0.469. The second kappa shape index (κ2) is 3.61. The van der Waals surface area contributed by atoms with Crippen molar-refractivity contribution in [1.29, 1.82) is 0 Å². The Kier molecular flexibility index (Phi) is 3.44. The lowest BCUT2D eigenvalue weighted by atomic mass is 10.2. The standard InChI is InChI=1S/C6H11FO/c1-5(2)3-6(8)4-7/h6,8H,1,3-4H2,2H3. The molecule has 2 heteroatoms. The molecule has 0 saturated heterocycles. The highest BCUT2D eigenvalue weighted by Gasteiger charge is 2.00. The van der Waals surface area contributed by atoms with E-state index in [0.717, 1.165) is 5.57 Å². The van der Waals surface area contributed by atoms with Crippen LogP contribution in [0.4, 0.5) is 4.39 Å². The van der Waals surface area contributed by atoms with Crippen LogP contribution in [0.15, 0.2) is 12.2 Å². The van der Waals surface area contributed by atoms with Gasteiger partial charge in [0, 0.05) is 0 Å². The van der Waals surface area contributed by atoms with E-state index in [4.69, 9.17) is 5.11 Å². The van der Waals surface area contributed by atoms with Crippen molar-refractivity contribution >= 4 is 0 Å². The quantitative estimate of drug-likeness (QED) is 0.553. The van der Waals surface area contributed by atoms with Gasteiger partial charge in [-0.15, -0.1) is 6.58 Å². The number of rotatable bonds is 3. The Bertz CT molecular complexity index is 80.6. The fourth-order valence-corrected chi connectivity index (χ4v) is 0.457. The van der Waals surface area contributed by atoms with Crippen molar-refractivity contribution in [3.8, 4) is 0 Å². The molecule has 1 N–H and O–H groups in total. The molecule has 1 unspecified atom stereocenters. The molecule has 0 spiro atoms. The first-order valence-corrected chi connectivity index (χ1v) is 2.55. The first-order valence-electron chi connectivity index (χ1n) is 2.55. The number of hydrogen-bond donors (Lipinski definition) is 1. The SMILES string of the molecule is C=C(C)CC(O)CF. The van der Waals surface area contributed by atoms with Crippen molar-refractivity contribution in [2.45, 2.75) is 19.4 Å². The van der Waals surface area contributed by atoms with E-state index in [0.29, 0.717) is 6.42 Å². The average Bonchev–Trinajstić information content (AvgIpc) is 1.65. The van der Waals surface area contributed by atoms with Crippen LogP contribution in [0, 0.1) is 0 Å². The van der Waals surface area contributed by atoms with Gasteiger partial charge in [-0.1, -0.05) is 5.57 Å². The van der Waals surface area contributed by atoms with Crippen LogP contribution < -0.4 is 0 Å². The number of hydrogen-bond acceptors (Lipinski definition) is 1. The minimum Gasteiger partial charge on any atom is -0.390 e. The molecule has 0 saturated carbocycles. The normalized spacial score (nSPS) is 13.4. The van der Waals surface area contributed by atoms with Crippen molar-refractivity contribution in [2.24, 2.45) is 0 Å². The minimum absolute atomic E-state index is 0.372. The highest BCUT2D eigenvalue weighted by Crippen LogP contribution is 2.00. The molecule has 0 amide bonds. The predicted molar refractivity (Wildman–Crippen MR) is 31.4 cm³/mol. The third kappa shape index (κ3) is 3.81. The van der Waals surface area contributed by atoms with Crippen molar-refractivity contribution in [3.63, 3.8) is 0 Å². The Balaban J connectivity index is 3.24. The van der Waals surface area contributed by atoms with E-state index in [-0.39, 0.29) is 0 Å². The zero-order chi connectivity index (χ0) is 6.57. The number of alkyl halides is 1. The second-order valence-corrected chi connectivity index (χ2v) is 1.97. The molecule has 1 atom stereocenters. The average molecular weight is 118 g/mol. The Hall–Kier alpha value is -0.370. The van der Waals surface area contributed by atoms with Crippen LogP contribution in [0.1, 0.15) is 13.3 Å². The van der Waals surface area contributed by atoms with Gasteiger partial charge in [0.2, 0.25) is 0 Å². The molecule has 0 heterocycles. The summed E-state index contributed by atoms with van der Waals surface area (Å²) < 4.78 is 11.5. The van der Waals surface area contributed by atoms with Gasteiger partial charge < -0.3 is 5.11 Å². The molecule has 0 fully saturated rings. The van der Waals surface area contributed by atoms with E-state index < -0.39 is 12.8 Å². The maximum Gasteiger partial charge on any atom is 0.116 e. The lowest BCUT2D eigenvalue weighted by Crippen LogP contribution is -2.08. The first kappa shape index (κ1) is 7.63. The van der Waals surface area contributed by atoms with E-state index in [1.807, 2.05) is 0 Å². The van der Waals surface area contributed by atoms with Crippen LogP contribution in [-0.2, 0) is 0 Å². The number of aliphatic hydroxyl groups is 1. The molecule has 0 aliphatic carbocycles. The van der Waals surface area contributed by atoms with Crippen LogP contribution >= 0.6 is 0 Å². The highest BCUT2D eigenvalue weighted by molar-refractivity contribution is 4.90. The summed E-state index contributed by atoms with van der Waals surface area (Å²) in [5.41, 5.74) is 0.815. The van der Waals surface area contributed by atoms with Gasteiger partial charge in [0.15, 0.2) is 0 Å². The lowest BCUT2D eigenvalue weighted by molar-refractivity contribution is 0.140. The molecule has 0 aliphatic heterocycles. The summed E-state index contributed by atoms with van der Waals surface area (Å²) in [4.78, 5) is 0. The Labute approximate surface area is 48.8 Å². The number of aliphatic hydroxyl groups excluding tert-OH is 1. The monoisotopic (exact) mass is 118 g/mol. The molecular formula is C6H11FO. The minimum atomic E-state index is -0.840. The maximum atomic E-state index is 11.5. The molecular weight excluding hydrogens is 107 g/mol. The number of halogens is 1. The zero-order valence-corrected chi connectivity index (χ0v) is 5.02. The van der Waals surface area contributed by atoms with Gasteiger partial charge >= 0.3 is 0 Å². The summed E-state index contributed by atoms with van der Waals surface area (Å²) in [7, 11) is 0. The predicted octanol–water partition coefficient (Wildman–Crippen LogP) is 1.28. The van der Waals surface area contributed by atoms with Gasteiger partial charge in [0.05, 0.1) is 6.10 Å². The van der Waals surface area contributed by atoms with Crippen molar-refractivity contribution in [2.75, 3.05) is 6.67 Å². The van der Waals surface area contributed by atoms with Crippen molar-refractivity contribution < 1.29 is 9.50 Å². The molecule has 0 aromatic carbocycles. The molecule has 0 aromatic rings. The largest absolute Gasteiger partial charge is 0.390 e. The lowest BCUT2D eigenvalue weighted by Gasteiger charge is -2.02. The van der Waals surface area contributed by atoms with Gasteiger partial charge in [-0.25, -0.2) is 4.39 Å².